The van der Waals surface area contributed by atoms with E-state index in [1.54, 1.807) is 5.57 Å². The minimum absolute atomic E-state index is 0. The van der Waals surface area contributed by atoms with Gasteiger partial charge in [0.2, 0.25) is 0 Å². The molecule has 0 spiro atoms. The molecular formula is C19H37IN4. The van der Waals surface area contributed by atoms with Gasteiger partial charge in [0, 0.05) is 38.3 Å². The molecule has 2 rings (SSSR count). The molecule has 2 aliphatic rings. The fourth-order valence-electron chi connectivity index (χ4n) is 3.52. The predicted octanol–water partition coefficient (Wildman–Crippen LogP) is 3.92. The molecule has 0 aromatic carbocycles. The van der Waals surface area contributed by atoms with Gasteiger partial charge in [-0.25, -0.2) is 0 Å². The predicted molar refractivity (Wildman–Crippen MR) is 115 cm³/mol. The molecule has 1 aliphatic heterocycles. The van der Waals surface area contributed by atoms with Crippen LogP contribution in [0, 0.1) is 0 Å². The Bertz CT molecular complexity index is 398. The lowest BCUT2D eigenvalue weighted by Gasteiger charge is -2.35. The highest BCUT2D eigenvalue weighted by molar-refractivity contribution is 14.0. The zero-order valence-corrected chi connectivity index (χ0v) is 18.1. The first-order valence-corrected chi connectivity index (χ1v) is 9.66. The number of rotatable bonds is 6. The number of hydrogen-bond donors (Lipinski definition) is 2. The van der Waals surface area contributed by atoms with Crippen LogP contribution in [0.25, 0.3) is 0 Å². The second kappa shape index (κ2) is 12.1. The van der Waals surface area contributed by atoms with Crippen LogP contribution in [-0.2, 0) is 0 Å². The molecule has 0 unspecified atom stereocenters. The van der Waals surface area contributed by atoms with Crippen molar-refractivity contribution in [2.75, 3.05) is 26.2 Å². The van der Waals surface area contributed by atoms with E-state index in [0.29, 0.717) is 12.1 Å². The maximum Gasteiger partial charge on any atom is 0.191 e. The summed E-state index contributed by atoms with van der Waals surface area (Å²) in [6, 6.07) is 1.23. The number of hydrogen-bond acceptors (Lipinski definition) is 2. The average Bonchev–Trinajstić information content (AvgIpc) is 2.56. The zero-order chi connectivity index (χ0) is 16.5. The van der Waals surface area contributed by atoms with E-state index >= 15 is 0 Å². The molecule has 0 aromatic heterocycles. The van der Waals surface area contributed by atoms with E-state index < -0.39 is 0 Å². The number of halogens is 1. The topological polar surface area (TPSA) is 39.7 Å². The normalized spacial score (nSPS) is 20.5. The fraction of sp³-hybridized carbons (Fsp3) is 0.842. The Balaban J connectivity index is 0.00000288. The van der Waals surface area contributed by atoms with Gasteiger partial charge < -0.3 is 15.5 Å². The van der Waals surface area contributed by atoms with Crippen LogP contribution < -0.4 is 10.6 Å². The van der Waals surface area contributed by atoms with Crippen molar-refractivity contribution < 1.29 is 0 Å². The number of nitrogens with zero attached hydrogens (tertiary/aromatic N) is 2. The van der Waals surface area contributed by atoms with Gasteiger partial charge in [-0.05, 0) is 65.7 Å². The highest BCUT2D eigenvalue weighted by atomic mass is 127. The molecule has 0 aromatic rings. The van der Waals surface area contributed by atoms with E-state index in [4.69, 9.17) is 4.99 Å². The average molecular weight is 448 g/mol. The molecule has 0 amide bonds. The van der Waals surface area contributed by atoms with Gasteiger partial charge in [0.05, 0.1) is 0 Å². The molecule has 1 saturated heterocycles. The zero-order valence-electron chi connectivity index (χ0n) is 15.8. The maximum atomic E-state index is 4.80. The van der Waals surface area contributed by atoms with Crippen molar-refractivity contribution >= 4 is 29.9 Å². The third-order valence-corrected chi connectivity index (χ3v) is 5.03. The summed E-state index contributed by atoms with van der Waals surface area (Å²) in [6.45, 7) is 11.0. The Morgan fingerprint density at radius 3 is 2.62 bits per heavy atom. The van der Waals surface area contributed by atoms with Crippen LogP contribution in [0.15, 0.2) is 16.6 Å². The largest absolute Gasteiger partial charge is 0.357 e. The van der Waals surface area contributed by atoms with Crippen molar-refractivity contribution in [3.05, 3.63) is 11.6 Å². The molecule has 2 N–H and O–H groups in total. The molecule has 0 bridgehead atoms. The molecule has 140 valence electrons. The number of allylic oxidation sites excluding steroid dienone is 1. The van der Waals surface area contributed by atoms with Crippen molar-refractivity contribution in [1.29, 1.82) is 0 Å². The molecule has 5 heteroatoms. The van der Waals surface area contributed by atoms with Gasteiger partial charge in [-0.1, -0.05) is 11.6 Å². The van der Waals surface area contributed by atoms with Crippen molar-refractivity contribution in [2.45, 2.75) is 77.8 Å². The van der Waals surface area contributed by atoms with Crippen molar-refractivity contribution in [3.63, 3.8) is 0 Å². The SMILES string of the molecule is CCNC(=NCCC1=CCCCC1)NC1CCN(C(C)C)CC1.I. The van der Waals surface area contributed by atoms with Gasteiger partial charge in [0.1, 0.15) is 0 Å². The molecule has 24 heavy (non-hydrogen) atoms. The third-order valence-electron chi connectivity index (χ3n) is 5.03. The van der Waals surface area contributed by atoms with Crippen LogP contribution in [0.5, 0.6) is 0 Å². The highest BCUT2D eigenvalue weighted by Crippen LogP contribution is 2.19. The van der Waals surface area contributed by atoms with Crippen LogP contribution in [0.4, 0.5) is 0 Å². The smallest absolute Gasteiger partial charge is 0.191 e. The number of piperidine rings is 1. The van der Waals surface area contributed by atoms with Crippen LogP contribution >= 0.6 is 24.0 Å². The first kappa shape index (κ1) is 21.7. The lowest BCUT2D eigenvalue weighted by atomic mass is 9.97. The Labute approximate surface area is 166 Å². The molecule has 4 nitrogen and oxygen atoms in total. The minimum Gasteiger partial charge on any atom is -0.357 e. The van der Waals surface area contributed by atoms with Crippen LogP contribution in [0.1, 0.15) is 65.7 Å². The molecule has 1 heterocycles. The second-order valence-corrected chi connectivity index (χ2v) is 7.17. The number of likely N-dealkylation sites (tertiary alicyclic amines) is 1. The summed E-state index contributed by atoms with van der Waals surface area (Å²) in [5, 5.41) is 7.05. The van der Waals surface area contributed by atoms with Crippen LogP contribution in [0.3, 0.4) is 0 Å². The molecule has 0 saturated carbocycles. The lowest BCUT2D eigenvalue weighted by Crippen LogP contribution is -2.49. The maximum absolute atomic E-state index is 4.80. The minimum atomic E-state index is 0. The summed E-state index contributed by atoms with van der Waals surface area (Å²) in [7, 11) is 0. The number of aliphatic imine (C=N–C) groups is 1. The van der Waals surface area contributed by atoms with Crippen LogP contribution in [-0.4, -0.2) is 49.1 Å². The number of nitrogens with one attached hydrogen (secondary N) is 2. The molecule has 0 radical (unpaired) electrons. The Hall–Kier alpha value is -0.300. The molecule has 1 aliphatic carbocycles. The van der Waals surface area contributed by atoms with E-state index in [2.05, 4.69) is 42.4 Å². The second-order valence-electron chi connectivity index (χ2n) is 7.17. The van der Waals surface area contributed by atoms with Gasteiger partial charge in [-0.2, -0.15) is 0 Å². The van der Waals surface area contributed by atoms with Crippen LogP contribution in [0.2, 0.25) is 0 Å². The monoisotopic (exact) mass is 448 g/mol. The summed E-state index contributed by atoms with van der Waals surface area (Å²) in [5.74, 6) is 1.01. The van der Waals surface area contributed by atoms with Crippen molar-refractivity contribution in [3.8, 4) is 0 Å². The quantitative estimate of drug-likeness (QED) is 0.280. The highest BCUT2D eigenvalue weighted by Gasteiger charge is 2.21. The summed E-state index contributed by atoms with van der Waals surface area (Å²) < 4.78 is 0. The first-order chi connectivity index (χ1) is 11.2. The Morgan fingerprint density at radius 1 is 1.29 bits per heavy atom. The fourth-order valence-corrected chi connectivity index (χ4v) is 3.52. The van der Waals surface area contributed by atoms with E-state index in [0.717, 1.165) is 25.5 Å². The first-order valence-electron chi connectivity index (χ1n) is 9.66. The van der Waals surface area contributed by atoms with E-state index in [9.17, 15) is 0 Å². The lowest BCUT2D eigenvalue weighted by molar-refractivity contribution is 0.167. The van der Waals surface area contributed by atoms with E-state index in [1.165, 1.54) is 51.6 Å². The van der Waals surface area contributed by atoms with Crippen molar-refractivity contribution in [2.24, 2.45) is 4.99 Å². The van der Waals surface area contributed by atoms with Gasteiger partial charge in [0.25, 0.3) is 0 Å². The number of guanidine groups is 1. The van der Waals surface area contributed by atoms with Gasteiger partial charge >= 0.3 is 0 Å². The van der Waals surface area contributed by atoms with Gasteiger partial charge in [0.15, 0.2) is 5.96 Å². The summed E-state index contributed by atoms with van der Waals surface area (Å²) >= 11 is 0. The van der Waals surface area contributed by atoms with Gasteiger partial charge in [-0.3, -0.25) is 4.99 Å². The molecule has 0 atom stereocenters. The van der Waals surface area contributed by atoms with E-state index in [-0.39, 0.29) is 24.0 Å². The standard InChI is InChI=1S/C19H36N4.HI/c1-4-20-19(21-13-10-17-8-6-5-7-9-17)22-18-11-14-23(15-12-18)16(2)3;/h8,16,18H,4-7,9-15H2,1-3H3,(H2,20,21,22);1H. The summed E-state index contributed by atoms with van der Waals surface area (Å²) in [4.78, 5) is 7.36. The third kappa shape index (κ3) is 7.72. The summed E-state index contributed by atoms with van der Waals surface area (Å²) in [5.41, 5.74) is 1.61. The Kier molecular flexibility index (Phi) is 11.0. The Morgan fingerprint density at radius 2 is 2.04 bits per heavy atom. The van der Waals surface area contributed by atoms with Gasteiger partial charge in [-0.15, -0.1) is 24.0 Å². The summed E-state index contributed by atoms with van der Waals surface area (Å²) in [6.07, 6.45) is 11.3. The molecule has 1 fully saturated rings. The molecular weight excluding hydrogens is 411 g/mol. The van der Waals surface area contributed by atoms with E-state index in [1.807, 2.05) is 0 Å². The van der Waals surface area contributed by atoms with Crippen molar-refractivity contribution in [1.82, 2.24) is 15.5 Å².